The molecular formula is C21H31NO3. The molecule has 1 aromatic rings. The van der Waals surface area contributed by atoms with Gasteiger partial charge in [-0.2, -0.15) is 0 Å². The van der Waals surface area contributed by atoms with Crippen LogP contribution >= 0.6 is 0 Å². The molecule has 138 valence electrons. The molecule has 2 aliphatic heterocycles. The number of methoxy groups -OCH3 is 2. The summed E-state index contributed by atoms with van der Waals surface area (Å²) >= 11 is 0. The zero-order valence-corrected chi connectivity index (χ0v) is 16.2. The van der Waals surface area contributed by atoms with Gasteiger partial charge < -0.3 is 14.4 Å². The number of amides is 1. The zero-order valence-electron chi connectivity index (χ0n) is 16.2. The van der Waals surface area contributed by atoms with Crippen LogP contribution in [0.4, 0.5) is 0 Å². The van der Waals surface area contributed by atoms with Crippen molar-refractivity contribution >= 4 is 5.91 Å². The van der Waals surface area contributed by atoms with E-state index < -0.39 is 5.41 Å². The summed E-state index contributed by atoms with van der Waals surface area (Å²) in [6.07, 6.45) is 3.99. The second-order valence-electron chi connectivity index (χ2n) is 8.60. The lowest BCUT2D eigenvalue weighted by Crippen LogP contribution is -2.50. The predicted octanol–water partition coefficient (Wildman–Crippen LogP) is 4.02. The molecule has 2 aliphatic rings. The summed E-state index contributed by atoms with van der Waals surface area (Å²) in [5.41, 5.74) is 0.852. The van der Waals surface area contributed by atoms with Crippen LogP contribution in [0, 0.1) is 11.3 Å². The van der Waals surface area contributed by atoms with Crippen LogP contribution in [0.2, 0.25) is 0 Å². The molecule has 0 unspecified atom stereocenters. The smallest absolute Gasteiger partial charge is 0.233 e. The maximum absolute atomic E-state index is 13.4. The zero-order chi connectivity index (χ0) is 18.2. The van der Waals surface area contributed by atoms with Crippen molar-refractivity contribution in [3.63, 3.8) is 0 Å². The minimum absolute atomic E-state index is 0.197. The summed E-state index contributed by atoms with van der Waals surface area (Å²) in [5.74, 6) is 2.24. The quantitative estimate of drug-likeness (QED) is 0.830. The lowest BCUT2D eigenvalue weighted by atomic mass is 9.64. The second-order valence-corrected chi connectivity index (χ2v) is 8.60. The number of carbonyl (C=O) groups excluding carboxylic acids is 1. The lowest BCUT2D eigenvalue weighted by Gasteiger charge is -2.42. The summed E-state index contributed by atoms with van der Waals surface area (Å²) in [5, 5.41) is 0. The monoisotopic (exact) mass is 345 g/mol. The van der Waals surface area contributed by atoms with E-state index in [2.05, 4.69) is 31.7 Å². The van der Waals surface area contributed by atoms with E-state index in [-0.39, 0.29) is 5.41 Å². The van der Waals surface area contributed by atoms with Crippen LogP contribution in [-0.4, -0.2) is 38.1 Å². The highest BCUT2D eigenvalue weighted by atomic mass is 16.5. The molecule has 2 saturated heterocycles. The van der Waals surface area contributed by atoms with Crippen molar-refractivity contribution in [3.8, 4) is 11.5 Å². The van der Waals surface area contributed by atoms with Crippen molar-refractivity contribution < 1.29 is 14.3 Å². The number of hydrogen-bond acceptors (Lipinski definition) is 3. The number of benzene rings is 1. The fourth-order valence-electron chi connectivity index (χ4n) is 4.58. The lowest BCUT2D eigenvalue weighted by molar-refractivity contribution is -0.140. The van der Waals surface area contributed by atoms with Gasteiger partial charge >= 0.3 is 0 Å². The first-order valence-electron chi connectivity index (χ1n) is 9.34. The minimum Gasteiger partial charge on any atom is -0.493 e. The number of piperidine rings is 1. The maximum atomic E-state index is 13.4. The Hall–Kier alpha value is -1.71. The van der Waals surface area contributed by atoms with E-state index >= 15 is 0 Å². The Morgan fingerprint density at radius 2 is 1.84 bits per heavy atom. The van der Waals surface area contributed by atoms with Gasteiger partial charge in [0.25, 0.3) is 0 Å². The molecule has 0 N–H and O–H groups in total. The fourth-order valence-corrected chi connectivity index (χ4v) is 4.58. The number of nitrogens with zero attached hydrogens (tertiary/aromatic N) is 1. The van der Waals surface area contributed by atoms with E-state index in [4.69, 9.17) is 9.47 Å². The standard InChI is InChI=1S/C21H31NO3/c1-20(2,3)16-9-12-22-11-6-10-21(14-16,19(22)23)15-7-8-17(24-4)18(13-15)25-5/h7-8,13,16H,6,9-12,14H2,1-5H3/t16-,21+/m0/s1. The molecule has 0 aliphatic carbocycles. The van der Waals surface area contributed by atoms with Gasteiger partial charge in [-0.1, -0.05) is 26.8 Å². The van der Waals surface area contributed by atoms with Crippen LogP contribution in [0.3, 0.4) is 0 Å². The first-order valence-corrected chi connectivity index (χ1v) is 9.34. The first-order chi connectivity index (χ1) is 11.8. The average Bonchev–Trinajstić information content (AvgIpc) is 2.67. The number of rotatable bonds is 3. The van der Waals surface area contributed by atoms with Gasteiger partial charge in [0.2, 0.25) is 5.91 Å². The Bertz CT molecular complexity index is 649. The van der Waals surface area contributed by atoms with Crippen molar-refractivity contribution in [3.05, 3.63) is 23.8 Å². The molecular weight excluding hydrogens is 314 g/mol. The summed E-state index contributed by atoms with van der Waals surface area (Å²) in [6, 6.07) is 6.02. The molecule has 0 aromatic heterocycles. The number of hydrogen-bond donors (Lipinski definition) is 0. The van der Waals surface area contributed by atoms with E-state index in [0.717, 1.165) is 44.3 Å². The molecule has 2 atom stereocenters. The van der Waals surface area contributed by atoms with E-state index in [9.17, 15) is 4.79 Å². The SMILES string of the molecule is COc1ccc([C@@]23CCCN(CC[C@H](C(C)(C)C)C2)C3=O)cc1OC. The van der Waals surface area contributed by atoms with Crippen molar-refractivity contribution in [2.24, 2.45) is 11.3 Å². The Kier molecular flexibility index (Phi) is 4.74. The van der Waals surface area contributed by atoms with E-state index in [1.54, 1.807) is 14.2 Å². The van der Waals surface area contributed by atoms with Crippen molar-refractivity contribution in [1.29, 1.82) is 0 Å². The Balaban J connectivity index is 2.09. The number of carbonyl (C=O) groups is 1. The normalized spacial score (nSPS) is 27.0. The third-order valence-corrected chi connectivity index (χ3v) is 6.23. The summed E-state index contributed by atoms with van der Waals surface area (Å²) in [7, 11) is 3.30. The molecule has 0 spiro atoms. The van der Waals surface area contributed by atoms with Gasteiger partial charge in [-0.25, -0.2) is 0 Å². The molecule has 25 heavy (non-hydrogen) atoms. The molecule has 0 radical (unpaired) electrons. The van der Waals surface area contributed by atoms with Gasteiger partial charge in [0.1, 0.15) is 0 Å². The highest BCUT2D eigenvalue weighted by Gasteiger charge is 2.50. The molecule has 3 rings (SSSR count). The summed E-state index contributed by atoms with van der Waals surface area (Å²) in [6.45, 7) is 8.68. The highest BCUT2D eigenvalue weighted by Crippen LogP contribution is 2.49. The third-order valence-electron chi connectivity index (χ3n) is 6.23. The van der Waals surface area contributed by atoms with Crippen molar-refractivity contribution in [1.82, 2.24) is 4.90 Å². The largest absolute Gasteiger partial charge is 0.493 e. The van der Waals surface area contributed by atoms with Crippen LogP contribution < -0.4 is 9.47 Å². The molecule has 2 fully saturated rings. The van der Waals surface area contributed by atoms with Crippen LogP contribution in [-0.2, 0) is 10.2 Å². The van der Waals surface area contributed by atoms with Gasteiger partial charge in [-0.3, -0.25) is 4.79 Å². The fraction of sp³-hybridized carbons (Fsp3) is 0.667. The highest BCUT2D eigenvalue weighted by molar-refractivity contribution is 5.89. The molecule has 2 bridgehead atoms. The topological polar surface area (TPSA) is 38.8 Å². The van der Waals surface area contributed by atoms with Gasteiger partial charge in [-0.15, -0.1) is 0 Å². The van der Waals surface area contributed by atoms with Crippen LogP contribution in [0.1, 0.15) is 52.0 Å². The summed E-state index contributed by atoms with van der Waals surface area (Å²) < 4.78 is 10.9. The van der Waals surface area contributed by atoms with Crippen LogP contribution in [0.25, 0.3) is 0 Å². The minimum atomic E-state index is -0.424. The van der Waals surface area contributed by atoms with Crippen LogP contribution in [0.15, 0.2) is 18.2 Å². The molecule has 4 heteroatoms. The van der Waals surface area contributed by atoms with Crippen molar-refractivity contribution in [2.45, 2.75) is 51.9 Å². The van der Waals surface area contributed by atoms with Crippen LogP contribution in [0.5, 0.6) is 11.5 Å². The molecule has 1 amide bonds. The molecule has 4 nitrogen and oxygen atoms in total. The second kappa shape index (κ2) is 6.54. The van der Waals surface area contributed by atoms with E-state index in [0.29, 0.717) is 23.3 Å². The third kappa shape index (κ3) is 3.11. The Morgan fingerprint density at radius 1 is 1.12 bits per heavy atom. The first kappa shape index (κ1) is 18.1. The predicted molar refractivity (Wildman–Crippen MR) is 99.2 cm³/mol. The van der Waals surface area contributed by atoms with Gasteiger partial charge in [0.15, 0.2) is 11.5 Å². The Labute approximate surface area is 151 Å². The maximum Gasteiger partial charge on any atom is 0.233 e. The molecule has 1 aromatic carbocycles. The van der Waals surface area contributed by atoms with Gasteiger partial charge in [0, 0.05) is 13.1 Å². The number of fused-ring (bicyclic) bond motifs is 2. The Morgan fingerprint density at radius 3 is 2.48 bits per heavy atom. The molecule has 2 heterocycles. The molecule has 0 saturated carbocycles. The summed E-state index contributed by atoms with van der Waals surface area (Å²) in [4.78, 5) is 15.5. The van der Waals surface area contributed by atoms with E-state index in [1.807, 2.05) is 12.1 Å². The van der Waals surface area contributed by atoms with Crippen molar-refractivity contribution in [2.75, 3.05) is 27.3 Å². The van der Waals surface area contributed by atoms with Gasteiger partial charge in [-0.05, 0) is 54.7 Å². The van der Waals surface area contributed by atoms with E-state index in [1.165, 1.54) is 0 Å². The number of ether oxygens (including phenoxy) is 2. The average molecular weight is 345 g/mol. The van der Waals surface area contributed by atoms with Gasteiger partial charge in [0.05, 0.1) is 19.6 Å².